The lowest BCUT2D eigenvalue weighted by atomic mass is 9.81. The van der Waals surface area contributed by atoms with Crippen molar-refractivity contribution in [3.63, 3.8) is 0 Å². The average Bonchev–Trinajstić information content (AvgIpc) is 2.52. The van der Waals surface area contributed by atoms with Gasteiger partial charge in [0.25, 0.3) is 0 Å². The number of thioether (sulfide) groups is 1. The highest BCUT2D eigenvalue weighted by molar-refractivity contribution is 8.14. The van der Waals surface area contributed by atoms with Crippen molar-refractivity contribution in [3.8, 4) is 0 Å². The first-order valence-corrected chi connectivity index (χ1v) is 5.48. The van der Waals surface area contributed by atoms with Crippen LogP contribution in [0.4, 0.5) is 0 Å². The molecule has 5 nitrogen and oxygen atoms in total. The molecule has 0 aromatic carbocycles. The number of nitrogens with two attached hydrogens (primary N) is 1. The van der Waals surface area contributed by atoms with Crippen LogP contribution in [0.2, 0.25) is 0 Å². The molecule has 0 radical (unpaired) electrons. The molecule has 5 atom stereocenters. The predicted molar refractivity (Wildman–Crippen MR) is 54.0 cm³/mol. The Labute approximate surface area is 86.0 Å². The summed E-state index contributed by atoms with van der Waals surface area (Å²) in [6.45, 7) is -0.109. The highest BCUT2D eigenvalue weighted by Crippen LogP contribution is 2.38. The van der Waals surface area contributed by atoms with Gasteiger partial charge in [0.05, 0.1) is 12.1 Å². The predicted octanol–water partition coefficient (Wildman–Crippen LogP) is -1.48. The summed E-state index contributed by atoms with van der Waals surface area (Å²) >= 11 is 1.42. The number of hydrogen-bond acceptors (Lipinski definition) is 6. The Balaban J connectivity index is 2.14. The highest BCUT2D eigenvalue weighted by Gasteiger charge is 2.46. The first kappa shape index (κ1) is 10.2. The molecule has 5 N–H and O–H groups in total. The van der Waals surface area contributed by atoms with Gasteiger partial charge in [0.15, 0.2) is 5.17 Å². The van der Waals surface area contributed by atoms with Gasteiger partial charge in [-0.15, -0.1) is 0 Å². The van der Waals surface area contributed by atoms with Gasteiger partial charge in [-0.25, -0.2) is 0 Å². The number of fused-ring (bicyclic) bond motifs is 1. The molecule has 14 heavy (non-hydrogen) atoms. The zero-order chi connectivity index (χ0) is 10.3. The minimum Gasteiger partial charge on any atom is -0.396 e. The number of hydrogen-bond donors (Lipinski definition) is 4. The topological polar surface area (TPSA) is 99.1 Å². The van der Waals surface area contributed by atoms with Crippen LogP contribution < -0.4 is 5.73 Å². The van der Waals surface area contributed by atoms with E-state index in [0.29, 0.717) is 11.6 Å². The van der Waals surface area contributed by atoms with Crippen molar-refractivity contribution in [2.45, 2.75) is 29.9 Å². The molecule has 1 heterocycles. The van der Waals surface area contributed by atoms with Gasteiger partial charge in [-0.05, 0) is 6.42 Å². The number of amidine groups is 1. The summed E-state index contributed by atoms with van der Waals surface area (Å²) in [5, 5.41) is 29.0. The van der Waals surface area contributed by atoms with Crippen LogP contribution in [-0.4, -0.2) is 50.6 Å². The summed E-state index contributed by atoms with van der Waals surface area (Å²) in [5.74, 6) is -0.264. The van der Waals surface area contributed by atoms with Crippen LogP contribution in [0.3, 0.4) is 0 Å². The first-order chi connectivity index (χ1) is 6.63. The molecule has 0 unspecified atom stereocenters. The van der Waals surface area contributed by atoms with Gasteiger partial charge >= 0.3 is 0 Å². The molecule has 0 amide bonds. The van der Waals surface area contributed by atoms with Crippen molar-refractivity contribution < 1.29 is 15.3 Å². The van der Waals surface area contributed by atoms with E-state index in [1.807, 2.05) is 0 Å². The second kappa shape index (κ2) is 3.69. The summed E-state index contributed by atoms with van der Waals surface area (Å²) in [7, 11) is 0. The molecule has 0 saturated heterocycles. The zero-order valence-corrected chi connectivity index (χ0v) is 8.39. The van der Waals surface area contributed by atoms with E-state index >= 15 is 0 Å². The molecule has 2 rings (SSSR count). The van der Waals surface area contributed by atoms with E-state index in [9.17, 15) is 10.2 Å². The monoisotopic (exact) mass is 218 g/mol. The maximum absolute atomic E-state index is 9.73. The lowest BCUT2D eigenvalue weighted by Gasteiger charge is -2.37. The van der Waals surface area contributed by atoms with Crippen LogP contribution in [0.5, 0.6) is 0 Å². The van der Waals surface area contributed by atoms with Crippen molar-refractivity contribution in [3.05, 3.63) is 0 Å². The number of aliphatic hydroxyl groups excluding tert-OH is 3. The SMILES string of the molecule is NC1=N[C@@H]2[C@@H](O)[C@H](O)[C@@H](CO)C[C@@H]2S1. The Morgan fingerprint density at radius 1 is 1.43 bits per heavy atom. The van der Waals surface area contributed by atoms with E-state index in [-0.39, 0.29) is 23.8 Å². The van der Waals surface area contributed by atoms with Gasteiger partial charge < -0.3 is 21.1 Å². The van der Waals surface area contributed by atoms with Crippen molar-refractivity contribution in [2.75, 3.05) is 6.61 Å². The molecule has 6 heteroatoms. The largest absolute Gasteiger partial charge is 0.396 e. The van der Waals surface area contributed by atoms with Crippen molar-refractivity contribution >= 4 is 16.9 Å². The van der Waals surface area contributed by atoms with Crippen LogP contribution in [0.1, 0.15) is 6.42 Å². The van der Waals surface area contributed by atoms with Gasteiger partial charge in [-0.2, -0.15) is 0 Å². The second-order valence-electron chi connectivity index (χ2n) is 3.77. The van der Waals surface area contributed by atoms with Crippen molar-refractivity contribution in [2.24, 2.45) is 16.6 Å². The van der Waals surface area contributed by atoms with Crippen LogP contribution in [-0.2, 0) is 0 Å². The van der Waals surface area contributed by atoms with Crippen LogP contribution in [0.25, 0.3) is 0 Å². The molecule has 1 aliphatic carbocycles. The van der Waals surface area contributed by atoms with Crippen LogP contribution in [0, 0.1) is 5.92 Å². The van der Waals surface area contributed by atoms with Gasteiger partial charge in [0, 0.05) is 17.8 Å². The fraction of sp³-hybridized carbons (Fsp3) is 0.875. The Bertz CT molecular complexity index is 261. The molecular weight excluding hydrogens is 204 g/mol. The molecule has 0 aromatic heterocycles. The minimum atomic E-state index is -0.903. The third kappa shape index (κ3) is 1.52. The average molecular weight is 218 g/mol. The third-order valence-corrected chi connectivity index (χ3v) is 4.00. The van der Waals surface area contributed by atoms with Crippen LogP contribution in [0.15, 0.2) is 4.99 Å². The van der Waals surface area contributed by atoms with E-state index in [2.05, 4.69) is 4.99 Å². The molecule has 1 aliphatic heterocycles. The molecule has 0 bridgehead atoms. The second-order valence-corrected chi connectivity index (χ2v) is 5.03. The van der Waals surface area contributed by atoms with Crippen LogP contribution >= 0.6 is 11.8 Å². The van der Waals surface area contributed by atoms with Crippen molar-refractivity contribution in [1.82, 2.24) is 0 Å². The maximum Gasteiger partial charge on any atom is 0.154 e. The zero-order valence-electron chi connectivity index (χ0n) is 7.58. The Kier molecular flexibility index (Phi) is 2.70. The van der Waals surface area contributed by atoms with Gasteiger partial charge in [0.1, 0.15) is 6.10 Å². The fourth-order valence-corrected chi connectivity index (χ4v) is 3.27. The lowest BCUT2D eigenvalue weighted by molar-refractivity contribution is -0.0646. The molecule has 0 spiro atoms. The smallest absolute Gasteiger partial charge is 0.154 e. The summed E-state index contributed by atoms with van der Waals surface area (Å²) in [5.41, 5.74) is 5.55. The van der Waals surface area contributed by atoms with Gasteiger partial charge in [-0.1, -0.05) is 11.8 Å². The molecule has 2 aliphatic rings. The minimum absolute atomic E-state index is 0.102. The molecule has 0 aromatic rings. The molecule has 1 saturated carbocycles. The maximum atomic E-state index is 9.73. The first-order valence-electron chi connectivity index (χ1n) is 4.60. The summed E-state index contributed by atoms with van der Waals surface area (Å²) in [4.78, 5) is 4.08. The summed E-state index contributed by atoms with van der Waals surface area (Å²) < 4.78 is 0. The van der Waals surface area contributed by atoms with E-state index in [4.69, 9.17) is 10.8 Å². The number of nitrogens with zero attached hydrogens (tertiary/aromatic N) is 1. The Morgan fingerprint density at radius 3 is 2.79 bits per heavy atom. The van der Waals surface area contributed by atoms with Gasteiger partial charge in [0.2, 0.25) is 0 Å². The lowest BCUT2D eigenvalue weighted by Crippen LogP contribution is -2.51. The quantitative estimate of drug-likeness (QED) is 0.430. The van der Waals surface area contributed by atoms with E-state index < -0.39 is 12.2 Å². The van der Waals surface area contributed by atoms with E-state index in [0.717, 1.165) is 0 Å². The standard InChI is InChI=1S/C8H14N2O3S/c9-8-10-5-4(14-8)1-3(2-11)6(12)7(5)13/h3-7,11-13H,1-2H2,(H2,9,10)/t3-,4+,5+,6-,7-/m1/s1. The van der Waals surface area contributed by atoms with E-state index in [1.54, 1.807) is 0 Å². The molecule has 1 fully saturated rings. The summed E-state index contributed by atoms with van der Waals surface area (Å²) in [6.07, 6.45) is -1.15. The van der Waals surface area contributed by atoms with E-state index in [1.165, 1.54) is 11.8 Å². The highest BCUT2D eigenvalue weighted by atomic mass is 32.2. The molecular formula is C8H14N2O3S. The van der Waals surface area contributed by atoms with Crippen molar-refractivity contribution in [1.29, 1.82) is 0 Å². The Hall–Kier alpha value is -0.300. The third-order valence-electron chi connectivity index (χ3n) is 2.88. The number of aliphatic imine (C=N–C) groups is 1. The summed E-state index contributed by atoms with van der Waals surface area (Å²) in [6, 6.07) is -0.308. The van der Waals surface area contributed by atoms with Gasteiger partial charge in [-0.3, -0.25) is 4.99 Å². The normalized spacial score (nSPS) is 47.4. The molecule has 80 valence electrons. The fourth-order valence-electron chi connectivity index (χ4n) is 2.07. The number of rotatable bonds is 1. The number of aliphatic hydroxyl groups is 3. The Morgan fingerprint density at radius 2 is 2.14 bits per heavy atom.